The molecule has 4 rings (SSSR count). The quantitative estimate of drug-likeness (QED) is 0.706. The van der Waals surface area contributed by atoms with Gasteiger partial charge in [-0.1, -0.05) is 42.5 Å². The molecule has 1 N–H and O–H groups in total. The molecule has 28 heavy (non-hydrogen) atoms. The number of ether oxygens (including phenoxy) is 1. The van der Waals surface area contributed by atoms with Crippen LogP contribution in [0.2, 0.25) is 0 Å². The first-order valence-corrected chi connectivity index (χ1v) is 9.09. The van der Waals surface area contributed by atoms with E-state index in [2.05, 4.69) is 15.3 Å². The maximum absolute atomic E-state index is 14.2. The largest absolute Gasteiger partial charge is 0.462 e. The molecule has 1 aliphatic heterocycles. The molecule has 0 amide bonds. The monoisotopic (exact) mass is 378 g/mol. The highest BCUT2D eigenvalue weighted by molar-refractivity contribution is 5.95. The summed E-state index contributed by atoms with van der Waals surface area (Å²) >= 11 is 0. The molecule has 0 fully saturated rings. The Morgan fingerprint density at radius 3 is 2.71 bits per heavy atom. The standard InChI is InChI=1S/C21H19FN4O2/c1-2-28-21(27)17-18(24-16-11-7-6-10-15(16)22)25-19(14-8-4-3-5-9-14)26-13-12-23-20(17)26/h3-11,23H,2,12-13H2,1H3. The Hall–Kier alpha value is -3.48. The van der Waals surface area contributed by atoms with Crippen LogP contribution in [0, 0.1) is 5.82 Å². The van der Waals surface area contributed by atoms with Crippen LogP contribution in [0.1, 0.15) is 17.3 Å². The van der Waals surface area contributed by atoms with E-state index in [0.717, 1.165) is 5.56 Å². The Morgan fingerprint density at radius 2 is 1.96 bits per heavy atom. The van der Waals surface area contributed by atoms with Crippen LogP contribution < -0.4 is 10.8 Å². The molecule has 6 nitrogen and oxygen atoms in total. The topological polar surface area (TPSA) is 68.5 Å². The first-order chi connectivity index (χ1) is 13.7. The number of carbonyl (C=O) groups is 1. The lowest BCUT2D eigenvalue weighted by Crippen LogP contribution is -2.26. The highest BCUT2D eigenvalue weighted by Gasteiger charge is 2.26. The zero-order chi connectivity index (χ0) is 19.5. The van der Waals surface area contributed by atoms with E-state index < -0.39 is 11.8 Å². The molecular formula is C21H19FN4O2. The van der Waals surface area contributed by atoms with Crippen LogP contribution in [0.5, 0.6) is 0 Å². The lowest BCUT2D eigenvalue weighted by atomic mass is 10.2. The minimum absolute atomic E-state index is 0.113. The fourth-order valence-corrected chi connectivity index (χ4v) is 3.19. The van der Waals surface area contributed by atoms with E-state index in [1.807, 2.05) is 34.9 Å². The maximum atomic E-state index is 14.2. The summed E-state index contributed by atoms with van der Waals surface area (Å²) in [6, 6.07) is 15.8. The maximum Gasteiger partial charge on any atom is 0.345 e. The van der Waals surface area contributed by atoms with Gasteiger partial charge in [-0.05, 0) is 19.1 Å². The Bertz CT molecular complexity index is 1090. The van der Waals surface area contributed by atoms with E-state index in [1.54, 1.807) is 25.1 Å². The molecule has 7 heteroatoms. The summed E-state index contributed by atoms with van der Waals surface area (Å²) in [4.78, 5) is 21.7. The number of fused-ring (bicyclic) bond motifs is 1. The average molecular weight is 378 g/mol. The number of carbonyl (C=O) groups excluding carboxylic acids is 1. The van der Waals surface area contributed by atoms with Gasteiger partial charge in [0.05, 0.1) is 6.61 Å². The second-order valence-corrected chi connectivity index (χ2v) is 6.21. The van der Waals surface area contributed by atoms with Crippen molar-refractivity contribution >= 4 is 17.5 Å². The molecule has 0 saturated heterocycles. The van der Waals surface area contributed by atoms with Crippen LogP contribution in [-0.2, 0) is 11.3 Å². The summed E-state index contributed by atoms with van der Waals surface area (Å²) in [5.41, 5.74) is 1.33. The van der Waals surface area contributed by atoms with Crippen molar-refractivity contribution in [2.45, 2.75) is 13.5 Å². The van der Waals surface area contributed by atoms with E-state index >= 15 is 0 Å². The van der Waals surface area contributed by atoms with E-state index in [4.69, 9.17) is 4.74 Å². The summed E-state index contributed by atoms with van der Waals surface area (Å²) in [7, 11) is 0. The number of esters is 1. The van der Waals surface area contributed by atoms with Crippen molar-refractivity contribution in [1.29, 1.82) is 0 Å². The second kappa shape index (κ2) is 7.64. The molecule has 0 aliphatic carbocycles. The molecule has 142 valence electrons. The van der Waals surface area contributed by atoms with Crippen molar-refractivity contribution in [3.8, 4) is 11.4 Å². The van der Waals surface area contributed by atoms with Crippen LogP contribution in [0.3, 0.4) is 0 Å². The molecule has 0 saturated carbocycles. The Morgan fingerprint density at radius 1 is 1.21 bits per heavy atom. The van der Waals surface area contributed by atoms with Crippen molar-refractivity contribution in [2.75, 3.05) is 18.5 Å². The summed E-state index contributed by atoms with van der Waals surface area (Å²) in [5.74, 6) is 0.218. The lowest BCUT2D eigenvalue weighted by Gasteiger charge is -2.14. The Kier molecular flexibility index (Phi) is 4.89. The summed E-state index contributed by atoms with van der Waals surface area (Å²) in [6.07, 6.45) is 0. The van der Waals surface area contributed by atoms with Gasteiger partial charge in [-0.2, -0.15) is 0 Å². The highest BCUT2D eigenvalue weighted by Crippen LogP contribution is 2.26. The minimum atomic E-state index is -0.539. The fraction of sp³-hybridized carbons (Fsp3) is 0.190. The number of benzene rings is 2. The SMILES string of the molecule is CCOC(=O)c1c2n(c(-c3ccccc3)nc1=Nc1ccccc1F)CCN2. The predicted octanol–water partition coefficient (Wildman–Crippen LogP) is 3.52. The Balaban J connectivity index is 2.02. The molecule has 1 aromatic heterocycles. The van der Waals surface area contributed by atoms with Gasteiger partial charge in [-0.25, -0.2) is 19.2 Å². The van der Waals surface area contributed by atoms with Crippen LogP contribution in [0.25, 0.3) is 11.4 Å². The number of nitrogens with zero attached hydrogens (tertiary/aromatic N) is 3. The fourth-order valence-electron chi connectivity index (χ4n) is 3.19. The molecule has 2 aromatic carbocycles. The van der Waals surface area contributed by atoms with E-state index in [1.165, 1.54) is 6.07 Å². The van der Waals surface area contributed by atoms with E-state index in [9.17, 15) is 9.18 Å². The summed E-state index contributed by atoms with van der Waals surface area (Å²) < 4.78 is 21.3. The highest BCUT2D eigenvalue weighted by atomic mass is 19.1. The Labute approximate surface area is 161 Å². The van der Waals surface area contributed by atoms with Crippen molar-refractivity contribution in [1.82, 2.24) is 9.55 Å². The number of anilines is 1. The molecule has 0 bridgehead atoms. The first kappa shape index (κ1) is 17.9. The predicted molar refractivity (Wildman–Crippen MR) is 104 cm³/mol. The van der Waals surface area contributed by atoms with Crippen LogP contribution >= 0.6 is 0 Å². The number of nitrogens with one attached hydrogen (secondary N) is 1. The van der Waals surface area contributed by atoms with Crippen molar-refractivity contribution < 1.29 is 13.9 Å². The van der Waals surface area contributed by atoms with Gasteiger partial charge in [0.15, 0.2) is 5.49 Å². The third-order valence-corrected chi connectivity index (χ3v) is 4.42. The van der Waals surface area contributed by atoms with Gasteiger partial charge < -0.3 is 14.6 Å². The molecular weight excluding hydrogens is 359 g/mol. The number of hydrogen-bond donors (Lipinski definition) is 1. The molecule has 3 aromatic rings. The average Bonchev–Trinajstić information content (AvgIpc) is 3.19. The smallest absolute Gasteiger partial charge is 0.345 e. The normalized spacial score (nSPS) is 13.1. The van der Waals surface area contributed by atoms with Crippen LogP contribution in [0.15, 0.2) is 59.6 Å². The third-order valence-electron chi connectivity index (χ3n) is 4.42. The summed E-state index contributed by atoms with van der Waals surface area (Å²) in [6.45, 7) is 3.26. The number of rotatable bonds is 4. The number of para-hydroxylation sites is 1. The van der Waals surface area contributed by atoms with Crippen molar-refractivity contribution in [2.24, 2.45) is 4.99 Å². The number of aromatic nitrogens is 2. The van der Waals surface area contributed by atoms with E-state index in [0.29, 0.717) is 24.7 Å². The summed E-state index contributed by atoms with van der Waals surface area (Å²) in [5, 5.41) is 3.23. The number of hydrogen-bond acceptors (Lipinski definition) is 5. The second-order valence-electron chi connectivity index (χ2n) is 6.21. The molecule has 0 unspecified atom stereocenters. The van der Waals surface area contributed by atoms with Crippen molar-refractivity contribution in [3.05, 3.63) is 71.5 Å². The van der Waals surface area contributed by atoms with Crippen LogP contribution in [-0.4, -0.2) is 28.7 Å². The minimum Gasteiger partial charge on any atom is -0.462 e. The zero-order valence-corrected chi connectivity index (χ0v) is 15.4. The van der Waals surface area contributed by atoms with Gasteiger partial charge in [-0.15, -0.1) is 0 Å². The first-order valence-electron chi connectivity index (χ1n) is 9.09. The number of halogens is 1. The molecule has 0 radical (unpaired) electrons. The third kappa shape index (κ3) is 3.26. The van der Waals surface area contributed by atoms with Gasteiger partial charge in [0.2, 0.25) is 0 Å². The van der Waals surface area contributed by atoms with Crippen molar-refractivity contribution in [3.63, 3.8) is 0 Å². The van der Waals surface area contributed by atoms with E-state index in [-0.39, 0.29) is 23.3 Å². The van der Waals surface area contributed by atoms with Gasteiger partial charge in [0.1, 0.15) is 28.7 Å². The lowest BCUT2D eigenvalue weighted by molar-refractivity contribution is 0.0524. The van der Waals surface area contributed by atoms with Gasteiger partial charge in [-0.3, -0.25) is 0 Å². The zero-order valence-electron chi connectivity index (χ0n) is 15.4. The van der Waals surface area contributed by atoms with Gasteiger partial charge >= 0.3 is 5.97 Å². The molecule has 0 atom stereocenters. The molecule has 2 heterocycles. The van der Waals surface area contributed by atoms with Gasteiger partial charge in [0.25, 0.3) is 0 Å². The molecule has 1 aliphatic rings. The molecule has 0 spiro atoms. The van der Waals surface area contributed by atoms with Crippen LogP contribution in [0.4, 0.5) is 15.9 Å². The van der Waals surface area contributed by atoms with Gasteiger partial charge in [0, 0.05) is 18.7 Å².